The Morgan fingerprint density at radius 2 is 2.00 bits per heavy atom. The lowest BCUT2D eigenvalue weighted by atomic mass is 9.90. The maximum absolute atomic E-state index is 13.8. The molecule has 0 saturated heterocycles. The van der Waals surface area contributed by atoms with Crippen LogP contribution in [0.25, 0.3) is 0 Å². The number of aliphatic imine (C=N–C) groups is 1. The Hall–Kier alpha value is -1.06. The molecule has 0 aromatic heterocycles. The zero-order valence-corrected chi connectivity index (χ0v) is 11.3. The van der Waals surface area contributed by atoms with Gasteiger partial charge in [-0.05, 0) is 30.8 Å². The maximum atomic E-state index is 13.8. The molecule has 3 atom stereocenters. The second-order valence-electron chi connectivity index (χ2n) is 5.69. The predicted molar refractivity (Wildman–Crippen MR) is 67.1 cm³/mol. The highest BCUT2D eigenvalue weighted by atomic mass is 19.3. The van der Waals surface area contributed by atoms with Crippen molar-refractivity contribution in [1.29, 1.82) is 0 Å². The van der Waals surface area contributed by atoms with E-state index in [0.29, 0.717) is 0 Å². The molecule has 1 aliphatic carbocycles. The van der Waals surface area contributed by atoms with E-state index in [1.165, 1.54) is 6.92 Å². The first-order valence-electron chi connectivity index (χ1n) is 6.41. The molecule has 1 fully saturated rings. The van der Waals surface area contributed by atoms with Crippen molar-refractivity contribution in [1.82, 2.24) is 0 Å². The summed E-state index contributed by atoms with van der Waals surface area (Å²) in [6.45, 7) is 6.33. The number of fused-ring (bicyclic) bond motifs is 1. The average Bonchev–Trinajstić information content (AvgIpc) is 2.65. The van der Waals surface area contributed by atoms with E-state index in [9.17, 15) is 13.6 Å². The van der Waals surface area contributed by atoms with Gasteiger partial charge in [-0.25, -0.2) is 8.78 Å². The average molecular weight is 255 g/mol. The fourth-order valence-electron chi connectivity index (χ4n) is 3.24. The van der Waals surface area contributed by atoms with Crippen molar-refractivity contribution in [2.45, 2.75) is 52.5 Å². The van der Waals surface area contributed by atoms with Crippen molar-refractivity contribution >= 4 is 11.5 Å². The van der Waals surface area contributed by atoms with Gasteiger partial charge < -0.3 is 0 Å². The van der Waals surface area contributed by atoms with E-state index >= 15 is 0 Å². The third-order valence-electron chi connectivity index (χ3n) is 3.81. The molecule has 2 aliphatic rings. The summed E-state index contributed by atoms with van der Waals surface area (Å²) < 4.78 is 27.6. The standard InChI is InChI=1S/C14H19F2NO/c1-7-5-8(2)13-11(7)12(14(4,15)16)10(17-13)6-9(3)18/h7-8,10H,5-6H2,1-4H3/t7-,8?,10?/m1/s1. The van der Waals surface area contributed by atoms with E-state index in [1.807, 2.05) is 13.8 Å². The first-order valence-corrected chi connectivity index (χ1v) is 6.41. The number of halogens is 2. The smallest absolute Gasteiger partial charge is 0.269 e. The number of allylic oxidation sites excluding steroid dienone is 1. The molecule has 0 spiro atoms. The summed E-state index contributed by atoms with van der Waals surface area (Å²) in [6.07, 6.45) is 0.964. The fourth-order valence-corrected chi connectivity index (χ4v) is 3.24. The Bertz CT molecular complexity index is 445. The van der Waals surface area contributed by atoms with Gasteiger partial charge in [0.1, 0.15) is 5.78 Å². The van der Waals surface area contributed by atoms with Gasteiger partial charge in [0.25, 0.3) is 5.92 Å². The molecule has 0 bridgehead atoms. The molecule has 4 heteroatoms. The number of Topliss-reactive ketones (excluding diaryl/α,β-unsaturated/α-hetero) is 1. The quantitative estimate of drug-likeness (QED) is 0.759. The summed E-state index contributed by atoms with van der Waals surface area (Å²) >= 11 is 0. The number of nitrogens with zero attached hydrogens (tertiary/aromatic N) is 1. The summed E-state index contributed by atoms with van der Waals surface area (Å²) in [5.74, 6) is -2.63. The number of carbonyl (C=O) groups excluding carboxylic acids is 1. The zero-order valence-electron chi connectivity index (χ0n) is 11.3. The Labute approximate surface area is 106 Å². The van der Waals surface area contributed by atoms with Crippen LogP contribution in [-0.4, -0.2) is 23.5 Å². The number of alkyl halides is 2. The van der Waals surface area contributed by atoms with E-state index in [-0.39, 0.29) is 29.6 Å². The number of rotatable bonds is 3. The van der Waals surface area contributed by atoms with Crippen LogP contribution in [-0.2, 0) is 4.79 Å². The van der Waals surface area contributed by atoms with Crippen LogP contribution in [0.1, 0.15) is 40.5 Å². The third-order valence-corrected chi connectivity index (χ3v) is 3.81. The van der Waals surface area contributed by atoms with Crippen molar-refractivity contribution in [2.75, 3.05) is 0 Å². The van der Waals surface area contributed by atoms with Gasteiger partial charge in [0.05, 0.1) is 6.04 Å². The van der Waals surface area contributed by atoms with Crippen molar-refractivity contribution in [2.24, 2.45) is 16.8 Å². The van der Waals surface area contributed by atoms with Crippen LogP contribution in [0.2, 0.25) is 0 Å². The molecule has 2 rings (SSSR count). The Kier molecular flexibility index (Phi) is 3.16. The lowest BCUT2D eigenvalue weighted by molar-refractivity contribution is -0.117. The number of carbonyl (C=O) groups is 1. The minimum Gasteiger partial charge on any atom is -0.300 e. The molecule has 1 aliphatic heterocycles. The van der Waals surface area contributed by atoms with Crippen molar-refractivity contribution in [3.63, 3.8) is 0 Å². The minimum absolute atomic E-state index is 0.0875. The first kappa shape index (κ1) is 13.4. The minimum atomic E-state index is -2.89. The molecule has 0 N–H and O–H groups in total. The van der Waals surface area contributed by atoms with Crippen LogP contribution in [0.4, 0.5) is 8.78 Å². The topological polar surface area (TPSA) is 29.4 Å². The highest BCUT2D eigenvalue weighted by molar-refractivity contribution is 6.07. The Balaban J connectivity index is 2.47. The van der Waals surface area contributed by atoms with Gasteiger partial charge in [0.2, 0.25) is 0 Å². The molecule has 1 heterocycles. The monoisotopic (exact) mass is 255 g/mol. The molecular weight excluding hydrogens is 236 g/mol. The molecule has 0 amide bonds. The SMILES string of the molecule is CC(=O)CC1N=C2C(=C1C(C)(F)F)[C@H](C)CC2C. The normalized spacial score (nSPS) is 31.7. The van der Waals surface area contributed by atoms with Crippen LogP contribution in [0, 0.1) is 11.8 Å². The molecule has 0 aromatic carbocycles. The summed E-state index contributed by atoms with van der Waals surface area (Å²) in [5.41, 5.74) is 1.62. The highest BCUT2D eigenvalue weighted by Gasteiger charge is 2.46. The maximum Gasteiger partial charge on any atom is 0.269 e. The first-order chi connectivity index (χ1) is 8.21. The van der Waals surface area contributed by atoms with Gasteiger partial charge >= 0.3 is 0 Å². The summed E-state index contributed by atoms with van der Waals surface area (Å²) in [6, 6.07) is -0.641. The van der Waals surface area contributed by atoms with Gasteiger partial charge in [-0.2, -0.15) is 0 Å². The van der Waals surface area contributed by atoms with Crippen molar-refractivity contribution < 1.29 is 13.6 Å². The lowest BCUT2D eigenvalue weighted by Crippen LogP contribution is -2.25. The van der Waals surface area contributed by atoms with Gasteiger partial charge in [0, 0.05) is 24.6 Å². The largest absolute Gasteiger partial charge is 0.300 e. The van der Waals surface area contributed by atoms with Crippen LogP contribution in [0.15, 0.2) is 16.1 Å². The van der Waals surface area contributed by atoms with Crippen LogP contribution in [0.3, 0.4) is 0 Å². The lowest BCUT2D eigenvalue weighted by Gasteiger charge is -2.21. The number of hydrogen-bond donors (Lipinski definition) is 0. The molecule has 2 nitrogen and oxygen atoms in total. The predicted octanol–water partition coefficient (Wildman–Crippen LogP) is 3.42. The van der Waals surface area contributed by atoms with E-state index in [0.717, 1.165) is 24.6 Å². The van der Waals surface area contributed by atoms with Gasteiger partial charge in [-0.15, -0.1) is 0 Å². The van der Waals surface area contributed by atoms with E-state index in [1.54, 1.807) is 0 Å². The highest BCUT2D eigenvalue weighted by Crippen LogP contribution is 2.46. The van der Waals surface area contributed by atoms with Gasteiger partial charge in [0.15, 0.2) is 0 Å². The van der Waals surface area contributed by atoms with Crippen molar-refractivity contribution in [3.8, 4) is 0 Å². The van der Waals surface area contributed by atoms with Crippen LogP contribution < -0.4 is 0 Å². The Morgan fingerprint density at radius 3 is 2.50 bits per heavy atom. The second-order valence-corrected chi connectivity index (χ2v) is 5.69. The third kappa shape index (κ3) is 2.13. The second kappa shape index (κ2) is 4.25. The van der Waals surface area contributed by atoms with E-state index in [2.05, 4.69) is 4.99 Å². The summed E-state index contributed by atoms with van der Waals surface area (Å²) in [4.78, 5) is 15.6. The number of ketones is 1. The van der Waals surface area contributed by atoms with Crippen molar-refractivity contribution in [3.05, 3.63) is 11.1 Å². The molecule has 100 valence electrons. The molecule has 18 heavy (non-hydrogen) atoms. The van der Waals surface area contributed by atoms with Gasteiger partial charge in [-0.1, -0.05) is 13.8 Å². The summed E-state index contributed by atoms with van der Waals surface area (Å²) in [5, 5.41) is 0. The molecular formula is C14H19F2NO. The number of hydrogen-bond acceptors (Lipinski definition) is 2. The Morgan fingerprint density at radius 1 is 1.39 bits per heavy atom. The van der Waals surface area contributed by atoms with E-state index in [4.69, 9.17) is 0 Å². The van der Waals surface area contributed by atoms with Gasteiger partial charge in [-0.3, -0.25) is 9.79 Å². The van der Waals surface area contributed by atoms with Crippen LogP contribution >= 0.6 is 0 Å². The molecule has 1 saturated carbocycles. The fraction of sp³-hybridized carbons (Fsp3) is 0.714. The zero-order chi connectivity index (χ0) is 13.7. The molecule has 0 radical (unpaired) electrons. The van der Waals surface area contributed by atoms with E-state index < -0.39 is 12.0 Å². The summed E-state index contributed by atoms with van der Waals surface area (Å²) in [7, 11) is 0. The molecule has 2 unspecified atom stereocenters. The molecule has 0 aromatic rings. The van der Waals surface area contributed by atoms with Crippen LogP contribution in [0.5, 0.6) is 0 Å².